The van der Waals surface area contributed by atoms with Crippen LogP contribution >= 0.6 is 0 Å². The van der Waals surface area contributed by atoms with Crippen molar-refractivity contribution in [2.75, 3.05) is 55.1 Å². The topological polar surface area (TPSA) is 129 Å². The lowest BCUT2D eigenvalue weighted by atomic mass is 10.1. The van der Waals surface area contributed by atoms with Crippen LogP contribution in [0.1, 0.15) is 44.9 Å². The van der Waals surface area contributed by atoms with Crippen LogP contribution in [0.2, 0.25) is 0 Å². The molecule has 162 valence electrons. The summed E-state index contributed by atoms with van der Waals surface area (Å²) in [5.74, 6) is -0.157. The molecule has 5 N–H and O–H groups in total. The summed E-state index contributed by atoms with van der Waals surface area (Å²) in [7, 11) is 8.50. The molecule has 9 heteroatoms. The van der Waals surface area contributed by atoms with Crippen molar-refractivity contribution in [1.82, 2.24) is 21.3 Å². The Kier molecular flexibility index (Phi) is 29.5. The molecule has 0 heterocycles. The second kappa shape index (κ2) is 26.5. The van der Waals surface area contributed by atoms with Crippen LogP contribution in [0.5, 0.6) is 0 Å². The van der Waals surface area contributed by atoms with E-state index in [0.717, 1.165) is 32.1 Å². The molecule has 0 fully saturated rings. The molecule has 0 bridgehead atoms. The van der Waals surface area contributed by atoms with Crippen molar-refractivity contribution in [1.29, 1.82) is 0 Å². The van der Waals surface area contributed by atoms with Gasteiger partial charge in [0.05, 0.1) is 6.61 Å². The van der Waals surface area contributed by atoms with E-state index in [9.17, 15) is 14.4 Å². The molecular formula is C18H40N4O5. The van der Waals surface area contributed by atoms with E-state index in [0.29, 0.717) is 6.42 Å². The number of aliphatic hydroxyl groups is 1. The molecule has 0 aromatic rings. The van der Waals surface area contributed by atoms with Gasteiger partial charge in [-0.25, -0.2) is 0 Å². The summed E-state index contributed by atoms with van der Waals surface area (Å²) in [6.45, 7) is 0.566. The fourth-order valence-electron chi connectivity index (χ4n) is 1.58. The number of unbranched alkanes of at least 4 members (excludes halogenated alkanes) is 4. The van der Waals surface area contributed by atoms with Gasteiger partial charge < -0.3 is 31.1 Å². The fourth-order valence-corrected chi connectivity index (χ4v) is 1.58. The van der Waals surface area contributed by atoms with Gasteiger partial charge in [0.25, 0.3) is 0 Å². The molecule has 0 aliphatic heterocycles. The van der Waals surface area contributed by atoms with Crippen LogP contribution in [0.3, 0.4) is 0 Å². The van der Waals surface area contributed by atoms with Crippen molar-refractivity contribution >= 4 is 17.7 Å². The van der Waals surface area contributed by atoms with Crippen LogP contribution in [0, 0.1) is 0 Å². The Bertz CT molecular complexity index is 337. The van der Waals surface area contributed by atoms with E-state index in [4.69, 9.17) is 9.84 Å². The quantitative estimate of drug-likeness (QED) is 0.292. The van der Waals surface area contributed by atoms with E-state index in [1.165, 1.54) is 7.05 Å². The summed E-state index contributed by atoms with van der Waals surface area (Å²) in [5.41, 5.74) is 0. The number of hydrogen-bond donors (Lipinski definition) is 5. The lowest BCUT2D eigenvalue weighted by molar-refractivity contribution is -0.127. The Labute approximate surface area is 164 Å². The summed E-state index contributed by atoms with van der Waals surface area (Å²) in [6.07, 6.45) is 6.06. The molecule has 0 aromatic heterocycles. The number of amides is 3. The lowest BCUT2D eigenvalue weighted by Gasteiger charge is -2.01. The number of hydrogen-bond acceptors (Lipinski definition) is 6. The molecule has 0 aliphatic rings. The van der Waals surface area contributed by atoms with E-state index in [1.54, 1.807) is 14.1 Å². The fraction of sp³-hybridized carbons (Fsp3) is 0.833. The lowest BCUT2D eigenvalue weighted by Crippen LogP contribution is -2.25. The number of aliphatic hydroxyl groups excluding tert-OH is 1. The first-order chi connectivity index (χ1) is 12.9. The summed E-state index contributed by atoms with van der Waals surface area (Å²) < 4.78 is 4.89. The highest BCUT2D eigenvalue weighted by atomic mass is 16.5. The average molecular weight is 393 g/mol. The van der Waals surface area contributed by atoms with Crippen molar-refractivity contribution < 1.29 is 24.2 Å². The normalized spacial score (nSPS) is 9.11. The first-order valence-electron chi connectivity index (χ1n) is 9.32. The molecule has 9 nitrogen and oxygen atoms in total. The monoisotopic (exact) mass is 392 g/mol. The summed E-state index contributed by atoms with van der Waals surface area (Å²) in [4.78, 5) is 32.0. The summed E-state index contributed by atoms with van der Waals surface area (Å²) in [5, 5.41) is 18.7. The Morgan fingerprint density at radius 3 is 1.63 bits per heavy atom. The maximum Gasteiger partial charge on any atom is 0.245 e. The average Bonchev–Trinajstić information content (AvgIpc) is 2.68. The van der Waals surface area contributed by atoms with Gasteiger partial charge in [-0.05, 0) is 26.9 Å². The third-order valence-corrected chi connectivity index (χ3v) is 3.11. The van der Waals surface area contributed by atoms with Crippen LogP contribution in [0.15, 0.2) is 0 Å². The predicted molar refractivity (Wildman–Crippen MR) is 107 cm³/mol. The van der Waals surface area contributed by atoms with E-state index in [2.05, 4.69) is 21.3 Å². The number of likely N-dealkylation sites (N-methyl/N-ethyl adjacent to an activating group) is 1. The highest BCUT2D eigenvalue weighted by Gasteiger charge is 2.00. The van der Waals surface area contributed by atoms with Gasteiger partial charge in [-0.3, -0.25) is 14.4 Å². The largest absolute Gasteiger partial charge is 0.396 e. The molecule has 0 saturated carbocycles. The highest BCUT2D eigenvalue weighted by Crippen LogP contribution is 2.04. The van der Waals surface area contributed by atoms with Crippen LogP contribution in [0.4, 0.5) is 0 Å². The van der Waals surface area contributed by atoms with E-state index in [-0.39, 0.29) is 44.0 Å². The van der Waals surface area contributed by atoms with Crippen molar-refractivity contribution in [3.05, 3.63) is 0 Å². The second-order valence-electron chi connectivity index (χ2n) is 5.56. The van der Waals surface area contributed by atoms with Gasteiger partial charge in [0.2, 0.25) is 17.7 Å². The minimum atomic E-state index is -0.188. The highest BCUT2D eigenvalue weighted by molar-refractivity contribution is 5.77. The van der Waals surface area contributed by atoms with Gasteiger partial charge in [0.15, 0.2) is 0 Å². The van der Waals surface area contributed by atoms with Gasteiger partial charge in [-0.2, -0.15) is 0 Å². The Hall–Kier alpha value is -1.71. The molecule has 3 amide bonds. The van der Waals surface area contributed by atoms with Crippen molar-refractivity contribution in [2.45, 2.75) is 44.9 Å². The van der Waals surface area contributed by atoms with Gasteiger partial charge in [0, 0.05) is 40.6 Å². The van der Waals surface area contributed by atoms with Crippen LogP contribution in [-0.2, 0) is 19.1 Å². The SMILES string of the molecule is CNC.CNC(=O)CCCCCCCO.CNC(=O)CCOCC(=O)NC. The van der Waals surface area contributed by atoms with E-state index >= 15 is 0 Å². The van der Waals surface area contributed by atoms with Crippen LogP contribution < -0.4 is 21.3 Å². The second-order valence-corrected chi connectivity index (χ2v) is 5.56. The standard InChI is InChI=1S/C9H19NO2.C7H14N2O3.C2H7N/c1-10-9(12)7-5-3-2-4-6-8-11;1-8-6(10)3-4-12-5-7(11)9-2;1-3-2/h11H,2-8H2,1H3,(H,10,12);3-5H2,1-2H3,(H,8,10)(H,9,11);3H,1-2H3. The Balaban J connectivity index is -0.000000372. The molecule has 0 rings (SSSR count). The van der Waals surface area contributed by atoms with Crippen molar-refractivity contribution in [3.63, 3.8) is 0 Å². The van der Waals surface area contributed by atoms with Crippen molar-refractivity contribution in [3.8, 4) is 0 Å². The maximum absolute atomic E-state index is 10.7. The molecule has 0 atom stereocenters. The Morgan fingerprint density at radius 2 is 1.15 bits per heavy atom. The summed E-state index contributed by atoms with van der Waals surface area (Å²) in [6, 6.07) is 0. The third-order valence-electron chi connectivity index (χ3n) is 3.11. The van der Waals surface area contributed by atoms with Gasteiger partial charge in [-0.1, -0.05) is 19.3 Å². The first kappa shape index (κ1) is 30.0. The summed E-state index contributed by atoms with van der Waals surface area (Å²) >= 11 is 0. The van der Waals surface area contributed by atoms with E-state index in [1.807, 2.05) is 14.1 Å². The molecule has 0 aromatic carbocycles. The number of ether oxygens (including phenoxy) is 1. The maximum atomic E-state index is 10.7. The van der Waals surface area contributed by atoms with Gasteiger partial charge in [0.1, 0.15) is 6.61 Å². The zero-order chi connectivity index (χ0) is 21.3. The predicted octanol–water partition coefficient (Wildman–Crippen LogP) is -0.214. The zero-order valence-electron chi connectivity index (χ0n) is 17.7. The van der Waals surface area contributed by atoms with Gasteiger partial charge >= 0.3 is 0 Å². The minimum Gasteiger partial charge on any atom is -0.396 e. The van der Waals surface area contributed by atoms with Crippen molar-refractivity contribution in [2.24, 2.45) is 0 Å². The molecule has 0 spiro atoms. The smallest absolute Gasteiger partial charge is 0.245 e. The number of nitrogens with one attached hydrogen (secondary N) is 4. The molecule has 0 saturated heterocycles. The molecule has 0 unspecified atom stereocenters. The first-order valence-corrected chi connectivity index (χ1v) is 9.32. The van der Waals surface area contributed by atoms with E-state index < -0.39 is 0 Å². The molecular weight excluding hydrogens is 352 g/mol. The van der Waals surface area contributed by atoms with Gasteiger partial charge in [-0.15, -0.1) is 0 Å². The number of carbonyl (C=O) groups excluding carboxylic acids is 3. The minimum absolute atomic E-state index is 0.00743. The zero-order valence-corrected chi connectivity index (χ0v) is 17.7. The Morgan fingerprint density at radius 1 is 0.704 bits per heavy atom. The third kappa shape index (κ3) is 32.4. The molecule has 0 aliphatic carbocycles. The van der Waals surface area contributed by atoms with Crippen LogP contribution in [0.25, 0.3) is 0 Å². The molecule has 27 heavy (non-hydrogen) atoms. The molecule has 0 radical (unpaired) electrons. The number of carbonyl (C=O) groups is 3. The number of rotatable bonds is 12. The van der Waals surface area contributed by atoms with Crippen LogP contribution in [-0.4, -0.2) is 77.9 Å².